The van der Waals surface area contributed by atoms with E-state index < -0.39 is 11.8 Å². The molecule has 0 aliphatic heterocycles. The van der Waals surface area contributed by atoms with Crippen LogP contribution in [0.1, 0.15) is 24.3 Å². The zero-order valence-electron chi connectivity index (χ0n) is 10.4. The fourth-order valence-corrected chi connectivity index (χ4v) is 1.20. The maximum absolute atomic E-state index is 12.1. The maximum atomic E-state index is 12.1. The Kier molecular flexibility index (Phi) is 5.57. The number of carbonyl (C=O) groups is 2. The minimum absolute atomic E-state index is 0.155. The standard InChI is InChI=1S/C13H15NO4/c1-3-17-9-10(13(16)18-4-2)12(15)11-7-5-6-8-14-11/h5-9H,3-4H2,1-2H3. The zero-order valence-corrected chi connectivity index (χ0v) is 10.4. The van der Waals surface area contributed by atoms with Crippen LogP contribution in [0.3, 0.4) is 0 Å². The lowest BCUT2D eigenvalue weighted by molar-refractivity contribution is -0.138. The average molecular weight is 249 g/mol. The minimum Gasteiger partial charge on any atom is -0.500 e. The molecule has 0 spiro atoms. The predicted octanol–water partition coefficient (Wildman–Crippen LogP) is 1.75. The molecule has 1 aromatic heterocycles. The molecule has 0 saturated carbocycles. The number of ketones is 1. The molecule has 1 aromatic rings. The van der Waals surface area contributed by atoms with Crippen LogP contribution in [0.15, 0.2) is 36.2 Å². The zero-order chi connectivity index (χ0) is 13.4. The van der Waals surface area contributed by atoms with Gasteiger partial charge in [-0.15, -0.1) is 0 Å². The van der Waals surface area contributed by atoms with E-state index >= 15 is 0 Å². The first-order chi connectivity index (χ1) is 8.70. The summed E-state index contributed by atoms with van der Waals surface area (Å²) in [5, 5.41) is 0. The number of carbonyl (C=O) groups excluding carboxylic acids is 2. The molecule has 5 heteroatoms. The van der Waals surface area contributed by atoms with Crippen molar-refractivity contribution in [3.05, 3.63) is 41.9 Å². The molecule has 0 aliphatic carbocycles. The average Bonchev–Trinajstić information content (AvgIpc) is 2.40. The van der Waals surface area contributed by atoms with Crippen molar-refractivity contribution in [1.29, 1.82) is 0 Å². The molecule has 0 bridgehead atoms. The van der Waals surface area contributed by atoms with E-state index in [1.165, 1.54) is 12.3 Å². The van der Waals surface area contributed by atoms with Gasteiger partial charge in [0.2, 0.25) is 5.78 Å². The predicted molar refractivity (Wildman–Crippen MR) is 64.9 cm³/mol. The van der Waals surface area contributed by atoms with Crippen LogP contribution >= 0.6 is 0 Å². The summed E-state index contributed by atoms with van der Waals surface area (Å²) in [6, 6.07) is 4.89. The van der Waals surface area contributed by atoms with Crippen molar-refractivity contribution >= 4 is 11.8 Å². The Bertz CT molecular complexity index is 440. The second-order valence-electron chi connectivity index (χ2n) is 3.25. The second kappa shape index (κ2) is 7.21. The quantitative estimate of drug-likeness (QED) is 0.192. The monoisotopic (exact) mass is 249 g/mol. The van der Waals surface area contributed by atoms with Crippen molar-refractivity contribution in [3.63, 3.8) is 0 Å². The highest BCUT2D eigenvalue weighted by Gasteiger charge is 2.22. The molecule has 0 aromatic carbocycles. The first-order valence-corrected chi connectivity index (χ1v) is 5.65. The highest BCUT2D eigenvalue weighted by Crippen LogP contribution is 2.08. The summed E-state index contributed by atoms with van der Waals surface area (Å²) in [5.41, 5.74) is 0.0221. The van der Waals surface area contributed by atoms with Gasteiger partial charge in [-0.2, -0.15) is 0 Å². The number of hydrogen-bond acceptors (Lipinski definition) is 5. The molecule has 0 N–H and O–H groups in total. The number of rotatable bonds is 6. The molecule has 0 aliphatic rings. The summed E-state index contributed by atoms with van der Waals surface area (Å²) in [6.07, 6.45) is 2.60. The number of pyridine rings is 1. The summed E-state index contributed by atoms with van der Waals surface area (Å²) in [5.74, 6) is -1.22. The van der Waals surface area contributed by atoms with Crippen LogP contribution in [-0.2, 0) is 14.3 Å². The van der Waals surface area contributed by atoms with Crippen molar-refractivity contribution in [3.8, 4) is 0 Å². The molecule has 96 valence electrons. The van der Waals surface area contributed by atoms with Crippen LogP contribution in [0.25, 0.3) is 0 Å². The van der Waals surface area contributed by atoms with E-state index in [9.17, 15) is 9.59 Å². The minimum atomic E-state index is -0.707. The Morgan fingerprint density at radius 3 is 2.61 bits per heavy atom. The Balaban J connectivity index is 2.97. The number of ether oxygens (including phenoxy) is 2. The van der Waals surface area contributed by atoms with Gasteiger partial charge < -0.3 is 9.47 Å². The van der Waals surface area contributed by atoms with Crippen molar-refractivity contribution in [2.24, 2.45) is 0 Å². The maximum Gasteiger partial charge on any atom is 0.345 e. The lowest BCUT2D eigenvalue weighted by Gasteiger charge is -2.05. The van der Waals surface area contributed by atoms with Crippen molar-refractivity contribution in [1.82, 2.24) is 4.98 Å². The van der Waals surface area contributed by atoms with Crippen LogP contribution in [-0.4, -0.2) is 30.0 Å². The molecule has 0 fully saturated rings. The molecular weight excluding hydrogens is 234 g/mol. The molecule has 1 rings (SSSR count). The molecule has 18 heavy (non-hydrogen) atoms. The van der Waals surface area contributed by atoms with Gasteiger partial charge in [0.05, 0.1) is 13.2 Å². The summed E-state index contributed by atoms with van der Waals surface area (Å²) < 4.78 is 9.80. The van der Waals surface area contributed by atoms with Gasteiger partial charge in [0.1, 0.15) is 17.5 Å². The fraction of sp³-hybridized carbons (Fsp3) is 0.308. The van der Waals surface area contributed by atoms with Gasteiger partial charge in [-0.05, 0) is 26.0 Å². The van der Waals surface area contributed by atoms with E-state index in [1.54, 1.807) is 26.0 Å². The van der Waals surface area contributed by atoms with E-state index in [-0.39, 0.29) is 17.9 Å². The summed E-state index contributed by atoms with van der Waals surface area (Å²) in [4.78, 5) is 27.6. The molecule has 0 unspecified atom stereocenters. The highest BCUT2D eigenvalue weighted by atomic mass is 16.5. The summed E-state index contributed by atoms with van der Waals surface area (Å²) in [6.45, 7) is 3.97. The SMILES string of the molecule is CCOC=C(C(=O)OCC)C(=O)c1ccccn1. The molecule has 1 heterocycles. The molecule has 5 nitrogen and oxygen atoms in total. The Hall–Kier alpha value is -2.17. The number of esters is 1. The summed E-state index contributed by atoms with van der Waals surface area (Å²) >= 11 is 0. The van der Waals surface area contributed by atoms with Crippen LogP contribution < -0.4 is 0 Å². The van der Waals surface area contributed by atoms with Gasteiger partial charge in [0.15, 0.2) is 0 Å². The molecule has 0 saturated heterocycles. The van der Waals surface area contributed by atoms with Gasteiger partial charge in [0.25, 0.3) is 0 Å². The van der Waals surface area contributed by atoms with Crippen LogP contribution in [0.4, 0.5) is 0 Å². The van der Waals surface area contributed by atoms with E-state index in [1.807, 2.05) is 0 Å². The normalized spacial score (nSPS) is 10.9. The van der Waals surface area contributed by atoms with Crippen LogP contribution in [0.2, 0.25) is 0 Å². The third-order valence-electron chi connectivity index (χ3n) is 2.01. The first-order valence-electron chi connectivity index (χ1n) is 5.65. The third-order valence-corrected chi connectivity index (χ3v) is 2.01. The molecule has 0 amide bonds. The number of aromatic nitrogens is 1. The van der Waals surface area contributed by atoms with Crippen LogP contribution in [0.5, 0.6) is 0 Å². The van der Waals surface area contributed by atoms with E-state index in [4.69, 9.17) is 9.47 Å². The van der Waals surface area contributed by atoms with Crippen molar-refractivity contribution in [2.75, 3.05) is 13.2 Å². The number of Topliss-reactive ketones (excluding diaryl/α,β-unsaturated/α-hetero) is 1. The van der Waals surface area contributed by atoms with Gasteiger partial charge >= 0.3 is 5.97 Å². The Labute approximate surface area is 105 Å². The van der Waals surface area contributed by atoms with Gasteiger partial charge in [-0.25, -0.2) is 4.79 Å². The van der Waals surface area contributed by atoms with Crippen LogP contribution in [0, 0.1) is 0 Å². The van der Waals surface area contributed by atoms with E-state index in [0.29, 0.717) is 6.61 Å². The lowest BCUT2D eigenvalue weighted by atomic mass is 10.1. The van der Waals surface area contributed by atoms with Gasteiger partial charge in [-0.3, -0.25) is 9.78 Å². The molecular formula is C13H15NO4. The molecule has 0 atom stereocenters. The first kappa shape index (κ1) is 13.9. The topological polar surface area (TPSA) is 65.5 Å². The van der Waals surface area contributed by atoms with E-state index in [2.05, 4.69) is 4.98 Å². The Morgan fingerprint density at radius 1 is 1.28 bits per heavy atom. The van der Waals surface area contributed by atoms with Crippen molar-refractivity contribution < 1.29 is 19.1 Å². The highest BCUT2D eigenvalue weighted by molar-refractivity contribution is 6.23. The second-order valence-corrected chi connectivity index (χ2v) is 3.25. The molecule has 0 radical (unpaired) electrons. The smallest absolute Gasteiger partial charge is 0.345 e. The number of hydrogen-bond donors (Lipinski definition) is 0. The largest absolute Gasteiger partial charge is 0.500 e. The van der Waals surface area contributed by atoms with E-state index in [0.717, 1.165) is 6.26 Å². The lowest BCUT2D eigenvalue weighted by Crippen LogP contribution is -2.17. The van der Waals surface area contributed by atoms with Gasteiger partial charge in [-0.1, -0.05) is 6.07 Å². The van der Waals surface area contributed by atoms with Gasteiger partial charge in [0, 0.05) is 6.20 Å². The fourth-order valence-electron chi connectivity index (χ4n) is 1.20. The van der Waals surface area contributed by atoms with Crippen molar-refractivity contribution in [2.45, 2.75) is 13.8 Å². The number of nitrogens with zero attached hydrogens (tertiary/aromatic N) is 1. The third kappa shape index (κ3) is 3.69. The summed E-state index contributed by atoms with van der Waals surface area (Å²) in [7, 11) is 0. The Morgan fingerprint density at radius 2 is 2.06 bits per heavy atom.